The molecule has 0 aliphatic rings. The average molecular weight is 319 g/mol. The molecule has 2 unspecified atom stereocenters. The van der Waals surface area contributed by atoms with Gasteiger partial charge in [-0.25, -0.2) is 4.79 Å². The molecule has 5 nitrogen and oxygen atoms in total. The molecule has 0 aliphatic heterocycles. The predicted molar refractivity (Wildman–Crippen MR) is 83.3 cm³/mol. The molecule has 0 aromatic heterocycles. The molecular weight excluding hydrogens is 304 g/mol. The molecule has 0 saturated carbocycles. The minimum absolute atomic E-state index is 0.478. The standard InChI is InChI=1S/C16H15ClN2O3/c17-12-8-6-10(7-9-12)13(18)15(20)19-14(16(21)22)11-4-2-1-3-5-11/h1-9,13-14H,18H2,(H,19,20)(H,21,22). The van der Waals surface area contributed by atoms with Crippen LogP contribution in [-0.4, -0.2) is 17.0 Å². The number of amides is 1. The third kappa shape index (κ3) is 3.84. The Balaban J connectivity index is 2.14. The molecule has 4 N–H and O–H groups in total. The Hall–Kier alpha value is -2.37. The Bertz CT molecular complexity index is 659. The average Bonchev–Trinajstić information content (AvgIpc) is 2.53. The van der Waals surface area contributed by atoms with Gasteiger partial charge in [0.15, 0.2) is 6.04 Å². The fourth-order valence-corrected chi connectivity index (χ4v) is 2.11. The van der Waals surface area contributed by atoms with Gasteiger partial charge < -0.3 is 16.2 Å². The fourth-order valence-electron chi connectivity index (χ4n) is 1.99. The molecular formula is C16H15ClN2O3. The van der Waals surface area contributed by atoms with Crippen molar-refractivity contribution < 1.29 is 14.7 Å². The van der Waals surface area contributed by atoms with Crippen molar-refractivity contribution in [1.29, 1.82) is 0 Å². The van der Waals surface area contributed by atoms with Gasteiger partial charge in [0.05, 0.1) is 0 Å². The van der Waals surface area contributed by atoms with Gasteiger partial charge in [-0.05, 0) is 23.3 Å². The molecule has 0 heterocycles. The minimum atomic E-state index is -1.15. The van der Waals surface area contributed by atoms with Crippen molar-refractivity contribution in [3.63, 3.8) is 0 Å². The highest BCUT2D eigenvalue weighted by Crippen LogP contribution is 2.18. The monoisotopic (exact) mass is 318 g/mol. The maximum Gasteiger partial charge on any atom is 0.330 e. The number of carboxylic acid groups (broad SMARTS) is 1. The molecule has 1 amide bonds. The lowest BCUT2D eigenvalue weighted by atomic mass is 10.0. The Morgan fingerprint density at radius 2 is 1.59 bits per heavy atom. The van der Waals surface area contributed by atoms with E-state index in [1.165, 1.54) is 0 Å². The van der Waals surface area contributed by atoms with E-state index in [0.29, 0.717) is 16.1 Å². The van der Waals surface area contributed by atoms with Gasteiger partial charge in [0.2, 0.25) is 5.91 Å². The number of rotatable bonds is 5. The van der Waals surface area contributed by atoms with Crippen molar-refractivity contribution in [2.24, 2.45) is 5.73 Å². The van der Waals surface area contributed by atoms with Crippen LogP contribution in [0.3, 0.4) is 0 Å². The van der Waals surface area contributed by atoms with E-state index in [1.54, 1.807) is 54.6 Å². The van der Waals surface area contributed by atoms with E-state index >= 15 is 0 Å². The van der Waals surface area contributed by atoms with Gasteiger partial charge in [-0.1, -0.05) is 54.1 Å². The normalized spacial score (nSPS) is 13.2. The van der Waals surface area contributed by atoms with Crippen molar-refractivity contribution >= 4 is 23.5 Å². The lowest BCUT2D eigenvalue weighted by Crippen LogP contribution is -2.39. The molecule has 2 aromatic rings. The van der Waals surface area contributed by atoms with Gasteiger partial charge >= 0.3 is 5.97 Å². The number of carbonyl (C=O) groups excluding carboxylic acids is 1. The van der Waals surface area contributed by atoms with E-state index in [1.807, 2.05) is 0 Å². The number of aliphatic carboxylic acids is 1. The zero-order valence-corrected chi connectivity index (χ0v) is 12.3. The van der Waals surface area contributed by atoms with Gasteiger partial charge in [0, 0.05) is 5.02 Å². The number of nitrogens with one attached hydrogen (secondary N) is 1. The summed E-state index contributed by atoms with van der Waals surface area (Å²) in [6, 6.07) is 12.8. The molecule has 0 aliphatic carbocycles. The summed E-state index contributed by atoms with van der Waals surface area (Å²) in [6.07, 6.45) is 0. The first-order valence-corrected chi connectivity index (χ1v) is 6.96. The first kappa shape index (κ1) is 16.0. The molecule has 0 fully saturated rings. The van der Waals surface area contributed by atoms with Crippen LogP contribution in [0.15, 0.2) is 54.6 Å². The van der Waals surface area contributed by atoms with Gasteiger partial charge in [-0.2, -0.15) is 0 Å². The summed E-state index contributed by atoms with van der Waals surface area (Å²) >= 11 is 5.78. The molecule has 0 saturated heterocycles. The van der Waals surface area contributed by atoms with Gasteiger partial charge in [0.25, 0.3) is 0 Å². The van der Waals surface area contributed by atoms with Crippen LogP contribution < -0.4 is 11.1 Å². The van der Waals surface area contributed by atoms with Gasteiger partial charge in [-0.3, -0.25) is 4.79 Å². The molecule has 22 heavy (non-hydrogen) atoms. The molecule has 2 aromatic carbocycles. The number of hydrogen-bond donors (Lipinski definition) is 3. The minimum Gasteiger partial charge on any atom is -0.479 e. The zero-order chi connectivity index (χ0) is 16.1. The van der Waals surface area contributed by atoms with Crippen molar-refractivity contribution in [3.05, 3.63) is 70.7 Å². The topological polar surface area (TPSA) is 92.4 Å². The van der Waals surface area contributed by atoms with Crippen LogP contribution in [-0.2, 0) is 9.59 Å². The van der Waals surface area contributed by atoms with Crippen LogP contribution in [0, 0.1) is 0 Å². The summed E-state index contributed by atoms with van der Waals surface area (Å²) in [5, 5.41) is 12.3. The predicted octanol–water partition coefficient (Wildman–Crippen LogP) is 2.28. The van der Waals surface area contributed by atoms with E-state index in [-0.39, 0.29) is 0 Å². The van der Waals surface area contributed by atoms with E-state index in [2.05, 4.69) is 5.32 Å². The second-order valence-corrected chi connectivity index (χ2v) is 5.16. The fraction of sp³-hybridized carbons (Fsp3) is 0.125. The van der Waals surface area contributed by atoms with Crippen LogP contribution >= 0.6 is 11.6 Å². The van der Waals surface area contributed by atoms with Crippen molar-refractivity contribution in [3.8, 4) is 0 Å². The van der Waals surface area contributed by atoms with Crippen molar-refractivity contribution in [1.82, 2.24) is 5.32 Å². The molecule has 114 valence electrons. The third-order valence-corrected chi connectivity index (χ3v) is 3.43. The number of hydrogen-bond acceptors (Lipinski definition) is 3. The van der Waals surface area contributed by atoms with Crippen LogP contribution in [0.2, 0.25) is 5.02 Å². The summed E-state index contributed by atoms with van der Waals surface area (Å²) in [4.78, 5) is 23.6. The second-order valence-electron chi connectivity index (χ2n) is 4.72. The molecule has 0 bridgehead atoms. The number of nitrogens with two attached hydrogens (primary N) is 1. The third-order valence-electron chi connectivity index (χ3n) is 3.18. The highest BCUT2D eigenvalue weighted by molar-refractivity contribution is 6.30. The van der Waals surface area contributed by atoms with Crippen LogP contribution in [0.1, 0.15) is 23.2 Å². The Kier molecular flexibility index (Phi) is 5.14. The Labute approximate surface area is 132 Å². The molecule has 2 rings (SSSR count). The van der Waals surface area contributed by atoms with Gasteiger partial charge in [0.1, 0.15) is 6.04 Å². The number of halogens is 1. The largest absolute Gasteiger partial charge is 0.479 e. The van der Waals surface area contributed by atoms with Crippen molar-refractivity contribution in [2.45, 2.75) is 12.1 Å². The number of benzene rings is 2. The summed E-state index contributed by atoms with van der Waals surface area (Å²) in [6.45, 7) is 0. The highest BCUT2D eigenvalue weighted by atomic mass is 35.5. The maximum absolute atomic E-state index is 12.2. The van der Waals surface area contributed by atoms with E-state index in [9.17, 15) is 14.7 Å². The van der Waals surface area contributed by atoms with Crippen LogP contribution in [0.25, 0.3) is 0 Å². The van der Waals surface area contributed by atoms with E-state index in [0.717, 1.165) is 0 Å². The number of carboxylic acids is 1. The highest BCUT2D eigenvalue weighted by Gasteiger charge is 2.25. The second kappa shape index (κ2) is 7.06. The first-order chi connectivity index (χ1) is 10.5. The SMILES string of the molecule is NC(C(=O)NC(C(=O)O)c1ccccc1)c1ccc(Cl)cc1. The Morgan fingerprint density at radius 1 is 1.00 bits per heavy atom. The quantitative estimate of drug-likeness (QED) is 0.788. The van der Waals surface area contributed by atoms with Crippen LogP contribution in [0.4, 0.5) is 0 Å². The summed E-state index contributed by atoms with van der Waals surface area (Å²) in [5.41, 5.74) is 6.90. The Morgan fingerprint density at radius 3 is 2.14 bits per heavy atom. The zero-order valence-electron chi connectivity index (χ0n) is 11.6. The smallest absolute Gasteiger partial charge is 0.330 e. The maximum atomic E-state index is 12.2. The van der Waals surface area contributed by atoms with E-state index < -0.39 is 24.0 Å². The van der Waals surface area contributed by atoms with Crippen molar-refractivity contribution in [2.75, 3.05) is 0 Å². The molecule has 0 radical (unpaired) electrons. The van der Waals surface area contributed by atoms with Gasteiger partial charge in [-0.15, -0.1) is 0 Å². The number of carbonyl (C=O) groups is 2. The summed E-state index contributed by atoms with van der Waals surface area (Å²) in [5.74, 6) is -1.72. The van der Waals surface area contributed by atoms with Crippen LogP contribution in [0.5, 0.6) is 0 Å². The summed E-state index contributed by atoms with van der Waals surface area (Å²) in [7, 11) is 0. The lowest BCUT2D eigenvalue weighted by molar-refractivity contribution is -0.142. The first-order valence-electron chi connectivity index (χ1n) is 6.58. The molecule has 2 atom stereocenters. The summed E-state index contributed by atoms with van der Waals surface area (Å²) < 4.78 is 0. The lowest BCUT2D eigenvalue weighted by Gasteiger charge is -2.18. The molecule has 0 spiro atoms. The van der Waals surface area contributed by atoms with E-state index in [4.69, 9.17) is 17.3 Å². The molecule has 6 heteroatoms.